The quantitative estimate of drug-likeness (QED) is 0.674. The zero-order valence-corrected chi connectivity index (χ0v) is 15.8. The summed E-state index contributed by atoms with van der Waals surface area (Å²) in [5.41, 5.74) is -2.97. The Bertz CT molecular complexity index is 830. The maximum Gasteiger partial charge on any atom is 0.511 e. The fraction of sp³-hybridized carbons (Fsp3) is 0.250. The molecule has 3 nitrogen and oxygen atoms in total. The van der Waals surface area contributed by atoms with E-state index in [0.29, 0.717) is 25.8 Å². The van der Waals surface area contributed by atoms with Gasteiger partial charge in [-0.25, -0.2) is 8.42 Å². The van der Waals surface area contributed by atoms with Crippen LogP contribution in [0.5, 0.6) is 0 Å². The van der Waals surface area contributed by atoms with Crippen LogP contribution in [0.4, 0.5) is 13.2 Å². The number of alkyl halides is 3. The lowest BCUT2D eigenvalue weighted by Gasteiger charge is -2.24. The monoisotopic (exact) mass is 469 g/mol. The molecule has 0 saturated heterocycles. The highest BCUT2D eigenvalue weighted by Crippen LogP contribution is 2.33. The van der Waals surface area contributed by atoms with Crippen molar-refractivity contribution < 1.29 is 21.6 Å². The van der Waals surface area contributed by atoms with Crippen LogP contribution >= 0.6 is 22.6 Å². The lowest BCUT2D eigenvalue weighted by atomic mass is 9.93. The molecule has 1 atom stereocenters. The molecule has 0 spiro atoms. The van der Waals surface area contributed by atoms with Crippen LogP contribution in [-0.2, 0) is 10.0 Å². The average molecular weight is 469 g/mol. The van der Waals surface area contributed by atoms with Crippen LogP contribution in [0.3, 0.4) is 0 Å². The largest absolute Gasteiger partial charge is 0.511 e. The number of nitrogens with one attached hydrogen (secondary N) is 1. The fourth-order valence-electron chi connectivity index (χ4n) is 2.42. The van der Waals surface area contributed by atoms with Crippen LogP contribution in [-0.4, -0.2) is 13.9 Å². The molecule has 0 fully saturated rings. The lowest BCUT2D eigenvalue weighted by molar-refractivity contribution is -0.0450. The molecule has 24 heavy (non-hydrogen) atoms. The molecule has 0 aromatic heterocycles. The second-order valence-corrected chi connectivity index (χ2v) is 8.19. The molecule has 0 heterocycles. The molecule has 8 heteroatoms. The van der Waals surface area contributed by atoms with Crippen LogP contribution in [0, 0.1) is 17.4 Å². The Morgan fingerprint density at radius 2 is 1.58 bits per heavy atom. The molecular weight excluding hydrogens is 454 g/mol. The van der Waals surface area contributed by atoms with Crippen molar-refractivity contribution in [2.24, 2.45) is 0 Å². The zero-order valence-electron chi connectivity index (χ0n) is 12.9. The highest BCUT2D eigenvalue weighted by molar-refractivity contribution is 14.1. The van der Waals surface area contributed by atoms with Crippen molar-refractivity contribution in [3.05, 3.63) is 68.3 Å². The Morgan fingerprint density at radius 3 is 2.12 bits per heavy atom. The molecule has 0 unspecified atom stereocenters. The Labute approximate surface area is 152 Å². The second-order valence-electron chi connectivity index (χ2n) is 5.33. The van der Waals surface area contributed by atoms with Crippen LogP contribution in [0.2, 0.25) is 0 Å². The van der Waals surface area contributed by atoms with Crippen LogP contribution in [0.15, 0.2) is 42.5 Å². The Balaban J connectivity index is 2.66. The summed E-state index contributed by atoms with van der Waals surface area (Å²) in [6.45, 7) is 3.47. The summed E-state index contributed by atoms with van der Waals surface area (Å²) in [7, 11) is -5.50. The van der Waals surface area contributed by atoms with E-state index in [9.17, 15) is 21.6 Å². The van der Waals surface area contributed by atoms with E-state index in [1.165, 1.54) is 0 Å². The van der Waals surface area contributed by atoms with Gasteiger partial charge < -0.3 is 0 Å². The van der Waals surface area contributed by atoms with Gasteiger partial charge in [0.05, 0.1) is 6.04 Å². The lowest BCUT2D eigenvalue weighted by Crippen LogP contribution is -2.39. The summed E-state index contributed by atoms with van der Waals surface area (Å²) < 4.78 is 64.5. The summed E-state index contributed by atoms with van der Waals surface area (Å²) in [5.74, 6) is 0. The molecule has 2 rings (SSSR count). The maximum atomic E-state index is 12.9. The van der Waals surface area contributed by atoms with Crippen molar-refractivity contribution in [2.75, 3.05) is 0 Å². The van der Waals surface area contributed by atoms with Gasteiger partial charge in [0.15, 0.2) is 0 Å². The third-order valence-electron chi connectivity index (χ3n) is 3.64. The fourth-order valence-corrected chi connectivity index (χ4v) is 4.05. The van der Waals surface area contributed by atoms with Crippen molar-refractivity contribution >= 4 is 32.6 Å². The number of benzene rings is 2. The Hall–Kier alpha value is -1.13. The van der Waals surface area contributed by atoms with Gasteiger partial charge in [0.25, 0.3) is 0 Å². The van der Waals surface area contributed by atoms with Gasteiger partial charge in [0, 0.05) is 3.57 Å². The number of hydrogen-bond acceptors (Lipinski definition) is 2. The highest BCUT2D eigenvalue weighted by atomic mass is 127. The van der Waals surface area contributed by atoms with Crippen molar-refractivity contribution in [1.29, 1.82) is 0 Å². The van der Waals surface area contributed by atoms with E-state index in [1.807, 2.05) is 27.3 Å². The number of aryl methyl sites for hydroxylation is 2. The van der Waals surface area contributed by atoms with Crippen molar-refractivity contribution in [1.82, 2.24) is 4.72 Å². The average Bonchev–Trinajstić information content (AvgIpc) is 2.45. The zero-order chi connectivity index (χ0) is 18.1. The van der Waals surface area contributed by atoms with Crippen molar-refractivity contribution in [2.45, 2.75) is 25.4 Å². The topological polar surface area (TPSA) is 46.2 Å². The van der Waals surface area contributed by atoms with Crippen LogP contribution < -0.4 is 4.72 Å². The summed E-state index contributed by atoms with van der Waals surface area (Å²) in [4.78, 5) is 0. The third kappa shape index (κ3) is 3.92. The number of hydrogen-bond donors (Lipinski definition) is 1. The molecule has 0 amide bonds. The predicted octanol–water partition coefficient (Wildman–Crippen LogP) is 4.44. The van der Waals surface area contributed by atoms with Crippen molar-refractivity contribution in [3.8, 4) is 0 Å². The molecule has 0 saturated carbocycles. The van der Waals surface area contributed by atoms with Gasteiger partial charge in [-0.1, -0.05) is 36.4 Å². The summed E-state index contributed by atoms with van der Waals surface area (Å²) in [6.07, 6.45) is 0. The molecular formula is C16H15F3INO2S. The molecule has 2 aromatic carbocycles. The van der Waals surface area contributed by atoms with Gasteiger partial charge in [-0.2, -0.15) is 17.9 Å². The first kappa shape index (κ1) is 19.2. The number of halogens is 4. The van der Waals surface area contributed by atoms with E-state index in [1.54, 1.807) is 56.3 Å². The van der Waals surface area contributed by atoms with Gasteiger partial charge in [-0.3, -0.25) is 0 Å². The van der Waals surface area contributed by atoms with E-state index in [-0.39, 0.29) is 0 Å². The number of sulfonamides is 1. The Kier molecular flexibility index (Phi) is 5.61. The molecule has 0 aliphatic carbocycles. The Morgan fingerprint density at radius 1 is 1.00 bits per heavy atom. The minimum Gasteiger partial charge on any atom is -0.203 e. The van der Waals surface area contributed by atoms with E-state index in [2.05, 4.69) is 0 Å². The first-order chi connectivity index (χ1) is 11.0. The molecule has 1 N–H and O–H groups in total. The van der Waals surface area contributed by atoms with Crippen molar-refractivity contribution in [3.63, 3.8) is 0 Å². The molecule has 0 aliphatic rings. The van der Waals surface area contributed by atoms with E-state index in [0.717, 1.165) is 0 Å². The summed E-state index contributed by atoms with van der Waals surface area (Å²) in [6, 6.07) is 10.9. The predicted molar refractivity (Wildman–Crippen MR) is 95.0 cm³/mol. The molecule has 0 aliphatic heterocycles. The van der Waals surface area contributed by atoms with E-state index < -0.39 is 21.6 Å². The van der Waals surface area contributed by atoms with Gasteiger partial charge in [-0.15, -0.1) is 0 Å². The molecule has 0 bridgehead atoms. The third-order valence-corrected chi connectivity index (χ3v) is 5.73. The first-order valence-electron chi connectivity index (χ1n) is 6.93. The minimum atomic E-state index is -5.50. The van der Waals surface area contributed by atoms with Gasteiger partial charge in [0.2, 0.25) is 0 Å². The highest BCUT2D eigenvalue weighted by Gasteiger charge is 2.47. The molecule has 2 aromatic rings. The molecule has 0 radical (unpaired) electrons. The molecule has 130 valence electrons. The SMILES string of the molecule is Cc1ccccc1[C@@H](NS(=O)(=O)C(F)(F)F)c1c(C)cccc1I. The number of rotatable bonds is 4. The van der Waals surface area contributed by atoms with Gasteiger partial charge in [-0.05, 0) is 64.8 Å². The van der Waals surface area contributed by atoms with E-state index >= 15 is 0 Å². The van der Waals surface area contributed by atoms with Crippen LogP contribution in [0.25, 0.3) is 0 Å². The normalized spacial score (nSPS) is 13.8. The summed E-state index contributed by atoms with van der Waals surface area (Å²) in [5, 5.41) is 0. The maximum absolute atomic E-state index is 12.9. The second kappa shape index (κ2) is 7.01. The summed E-state index contributed by atoms with van der Waals surface area (Å²) >= 11 is 2.00. The van der Waals surface area contributed by atoms with Gasteiger partial charge in [0.1, 0.15) is 0 Å². The standard InChI is InChI=1S/C16H15F3INO2S/c1-10-6-3-4-8-12(10)15(21-24(22,23)16(17,18)19)14-11(2)7-5-9-13(14)20/h3-9,15,21H,1-2H3/t15-/m1/s1. The smallest absolute Gasteiger partial charge is 0.203 e. The van der Waals surface area contributed by atoms with Crippen LogP contribution in [0.1, 0.15) is 28.3 Å². The minimum absolute atomic E-state index is 0.484. The van der Waals surface area contributed by atoms with Gasteiger partial charge >= 0.3 is 15.5 Å². The van der Waals surface area contributed by atoms with E-state index in [4.69, 9.17) is 0 Å². The first-order valence-corrected chi connectivity index (χ1v) is 9.50.